The Balaban J connectivity index is 1.53. The third-order valence-electron chi connectivity index (χ3n) is 3.43. The van der Waals surface area contributed by atoms with Gasteiger partial charge in [-0.05, 0) is 36.8 Å². The van der Waals surface area contributed by atoms with E-state index in [1.807, 2.05) is 36.4 Å². The van der Waals surface area contributed by atoms with Crippen molar-refractivity contribution < 1.29 is 9.53 Å². The van der Waals surface area contributed by atoms with E-state index >= 15 is 0 Å². The van der Waals surface area contributed by atoms with Gasteiger partial charge < -0.3 is 4.74 Å². The van der Waals surface area contributed by atoms with Gasteiger partial charge in [0.1, 0.15) is 0 Å². The van der Waals surface area contributed by atoms with Crippen molar-refractivity contribution in [1.29, 1.82) is 0 Å². The summed E-state index contributed by atoms with van der Waals surface area (Å²) in [5.74, 6) is -0.0986. The molecule has 0 amide bonds. The van der Waals surface area contributed by atoms with Crippen LogP contribution in [0.5, 0.6) is 0 Å². The van der Waals surface area contributed by atoms with Crippen LogP contribution in [-0.4, -0.2) is 12.6 Å². The lowest BCUT2D eigenvalue weighted by atomic mass is 10.1. The Morgan fingerprint density at radius 2 is 1.33 bits per heavy atom. The molecule has 0 atom stereocenters. The lowest BCUT2D eigenvalue weighted by Crippen LogP contribution is -2.07. The summed E-state index contributed by atoms with van der Waals surface area (Å²) in [6.45, 7) is 0.528. The molecule has 0 bridgehead atoms. The first kappa shape index (κ1) is 15.3. The highest BCUT2D eigenvalue weighted by atomic mass is 16.5. The van der Waals surface area contributed by atoms with Crippen molar-refractivity contribution in [2.24, 2.45) is 0 Å². The summed E-state index contributed by atoms with van der Waals surface area (Å²) in [6.07, 6.45) is 4.23. The Hall–Kier alpha value is -2.09. The molecule has 0 aliphatic rings. The second kappa shape index (κ2) is 8.96. The van der Waals surface area contributed by atoms with Gasteiger partial charge in [0.2, 0.25) is 0 Å². The molecule has 0 unspecified atom stereocenters. The summed E-state index contributed by atoms with van der Waals surface area (Å²) in [5, 5.41) is 0. The molecule has 110 valence electrons. The molecule has 2 heteroatoms. The summed E-state index contributed by atoms with van der Waals surface area (Å²) in [6, 6.07) is 20.4. The van der Waals surface area contributed by atoms with E-state index in [2.05, 4.69) is 24.3 Å². The molecule has 0 aliphatic carbocycles. The highest BCUT2D eigenvalue weighted by Gasteiger charge is 2.03. The van der Waals surface area contributed by atoms with E-state index in [4.69, 9.17) is 4.74 Å². The van der Waals surface area contributed by atoms with Crippen LogP contribution in [0.2, 0.25) is 0 Å². The maximum absolute atomic E-state index is 11.6. The predicted octanol–water partition coefficient (Wildman–Crippen LogP) is 4.19. The Kier molecular flexibility index (Phi) is 6.53. The second-order valence-electron chi connectivity index (χ2n) is 5.15. The van der Waals surface area contributed by atoms with Gasteiger partial charge in [-0.1, -0.05) is 60.7 Å². The van der Waals surface area contributed by atoms with Crippen LogP contribution in [0.4, 0.5) is 0 Å². The Labute approximate surface area is 126 Å². The van der Waals surface area contributed by atoms with Gasteiger partial charge in [-0.2, -0.15) is 0 Å². The SMILES string of the molecule is O=C(CCc1ccccc1)OCCCCc1ccccc1. The predicted molar refractivity (Wildman–Crippen MR) is 85.1 cm³/mol. The number of ether oxygens (including phenoxy) is 1. The van der Waals surface area contributed by atoms with Gasteiger partial charge in [-0.3, -0.25) is 4.79 Å². The number of hydrogen-bond donors (Lipinski definition) is 0. The van der Waals surface area contributed by atoms with E-state index in [1.54, 1.807) is 0 Å². The zero-order valence-electron chi connectivity index (χ0n) is 12.3. The number of aryl methyl sites for hydroxylation is 2. The number of carbonyl (C=O) groups is 1. The largest absolute Gasteiger partial charge is 0.466 e. The Bertz CT molecular complexity index is 520. The number of esters is 1. The molecule has 0 radical (unpaired) electrons. The molecule has 2 nitrogen and oxygen atoms in total. The third-order valence-corrected chi connectivity index (χ3v) is 3.43. The normalized spacial score (nSPS) is 10.3. The minimum Gasteiger partial charge on any atom is -0.466 e. The molecule has 0 heterocycles. The molecule has 0 N–H and O–H groups in total. The van der Waals surface area contributed by atoms with E-state index in [0.717, 1.165) is 25.7 Å². The van der Waals surface area contributed by atoms with Gasteiger partial charge in [0.05, 0.1) is 6.61 Å². The van der Waals surface area contributed by atoms with Crippen LogP contribution in [0.15, 0.2) is 60.7 Å². The Morgan fingerprint density at radius 1 is 0.762 bits per heavy atom. The van der Waals surface area contributed by atoms with Gasteiger partial charge in [-0.15, -0.1) is 0 Å². The van der Waals surface area contributed by atoms with Crippen LogP contribution in [0.3, 0.4) is 0 Å². The molecule has 2 aromatic rings. The van der Waals surface area contributed by atoms with Crippen molar-refractivity contribution in [3.8, 4) is 0 Å². The maximum Gasteiger partial charge on any atom is 0.306 e. The molecule has 0 aromatic heterocycles. The molecule has 0 spiro atoms. The topological polar surface area (TPSA) is 26.3 Å². The fourth-order valence-electron chi connectivity index (χ4n) is 2.23. The zero-order chi connectivity index (χ0) is 14.8. The van der Waals surface area contributed by atoms with Crippen LogP contribution in [-0.2, 0) is 22.4 Å². The molecule has 2 rings (SSSR count). The van der Waals surface area contributed by atoms with Crippen molar-refractivity contribution in [3.63, 3.8) is 0 Å². The first-order chi connectivity index (χ1) is 10.3. The average molecular weight is 282 g/mol. The average Bonchev–Trinajstić information content (AvgIpc) is 2.54. The summed E-state index contributed by atoms with van der Waals surface area (Å²) in [4.78, 5) is 11.6. The standard InChI is InChI=1S/C19H22O2/c20-19(15-14-18-11-5-2-6-12-18)21-16-8-7-13-17-9-3-1-4-10-17/h1-6,9-12H,7-8,13-16H2. The lowest BCUT2D eigenvalue weighted by Gasteiger charge is -2.05. The molecule has 0 saturated carbocycles. The molecule has 0 fully saturated rings. The van der Waals surface area contributed by atoms with Gasteiger partial charge in [-0.25, -0.2) is 0 Å². The van der Waals surface area contributed by atoms with E-state index < -0.39 is 0 Å². The Morgan fingerprint density at radius 3 is 1.95 bits per heavy atom. The van der Waals surface area contributed by atoms with E-state index in [-0.39, 0.29) is 5.97 Å². The van der Waals surface area contributed by atoms with Crippen LogP contribution in [0, 0.1) is 0 Å². The summed E-state index contributed by atoms with van der Waals surface area (Å²) < 4.78 is 5.26. The highest BCUT2D eigenvalue weighted by molar-refractivity contribution is 5.69. The van der Waals surface area contributed by atoms with Gasteiger partial charge >= 0.3 is 5.97 Å². The van der Waals surface area contributed by atoms with Gasteiger partial charge in [0.15, 0.2) is 0 Å². The monoisotopic (exact) mass is 282 g/mol. The number of carbonyl (C=O) groups excluding carboxylic acids is 1. The molecule has 0 saturated heterocycles. The van der Waals surface area contributed by atoms with Crippen molar-refractivity contribution in [1.82, 2.24) is 0 Å². The lowest BCUT2D eigenvalue weighted by molar-refractivity contribution is -0.143. The number of benzene rings is 2. The quantitative estimate of drug-likeness (QED) is 0.536. The number of hydrogen-bond acceptors (Lipinski definition) is 2. The first-order valence-electron chi connectivity index (χ1n) is 7.58. The fourth-order valence-corrected chi connectivity index (χ4v) is 2.23. The van der Waals surface area contributed by atoms with Crippen molar-refractivity contribution in [2.75, 3.05) is 6.61 Å². The summed E-state index contributed by atoms with van der Waals surface area (Å²) >= 11 is 0. The highest BCUT2D eigenvalue weighted by Crippen LogP contribution is 2.06. The smallest absolute Gasteiger partial charge is 0.306 e. The van der Waals surface area contributed by atoms with Crippen molar-refractivity contribution >= 4 is 5.97 Å². The molecule has 0 aliphatic heterocycles. The molecule has 21 heavy (non-hydrogen) atoms. The molecule has 2 aromatic carbocycles. The van der Waals surface area contributed by atoms with Crippen molar-refractivity contribution in [3.05, 3.63) is 71.8 Å². The maximum atomic E-state index is 11.6. The van der Waals surface area contributed by atoms with Crippen LogP contribution < -0.4 is 0 Å². The van der Waals surface area contributed by atoms with Crippen molar-refractivity contribution in [2.45, 2.75) is 32.1 Å². The summed E-state index contributed by atoms with van der Waals surface area (Å²) in [7, 11) is 0. The fraction of sp³-hybridized carbons (Fsp3) is 0.316. The summed E-state index contributed by atoms with van der Waals surface area (Å²) in [5.41, 5.74) is 2.52. The van der Waals surface area contributed by atoms with E-state index in [9.17, 15) is 4.79 Å². The van der Waals surface area contributed by atoms with Crippen LogP contribution in [0.1, 0.15) is 30.4 Å². The second-order valence-corrected chi connectivity index (χ2v) is 5.15. The zero-order valence-corrected chi connectivity index (χ0v) is 12.3. The van der Waals surface area contributed by atoms with E-state index in [0.29, 0.717) is 13.0 Å². The van der Waals surface area contributed by atoms with Gasteiger partial charge in [0.25, 0.3) is 0 Å². The van der Waals surface area contributed by atoms with Gasteiger partial charge in [0, 0.05) is 6.42 Å². The minimum atomic E-state index is -0.0986. The first-order valence-corrected chi connectivity index (χ1v) is 7.58. The third kappa shape index (κ3) is 6.26. The minimum absolute atomic E-state index is 0.0986. The molecular weight excluding hydrogens is 260 g/mol. The number of unbranched alkanes of at least 4 members (excludes halogenated alkanes) is 1. The van der Waals surface area contributed by atoms with Crippen LogP contribution in [0.25, 0.3) is 0 Å². The number of rotatable bonds is 8. The van der Waals surface area contributed by atoms with Crippen LogP contribution >= 0.6 is 0 Å². The van der Waals surface area contributed by atoms with E-state index in [1.165, 1.54) is 11.1 Å². The molecular formula is C19H22O2.